The van der Waals surface area contributed by atoms with Gasteiger partial charge in [-0.3, -0.25) is 9.69 Å². The van der Waals surface area contributed by atoms with Crippen LogP contribution in [0.4, 0.5) is 0 Å². The summed E-state index contributed by atoms with van der Waals surface area (Å²) in [7, 11) is 0. The van der Waals surface area contributed by atoms with Gasteiger partial charge in [0.2, 0.25) is 0 Å². The van der Waals surface area contributed by atoms with Crippen molar-refractivity contribution < 1.29 is 14.3 Å². The van der Waals surface area contributed by atoms with Crippen LogP contribution in [0, 0.1) is 6.92 Å². The van der Waals surface area contributed by atoms with E-state index < -0.39 is 0 Å². The molecule has 0 aromatic heterocycles. The van der Waals surface area contributed by atoms with Gasteiger partial charge in [0.15, 0.2) is 5.78 Å². The number of ketones is 1. The number of ether oxygens (including phenoxy) is 2. The molecule has 1 heterocycles. The highest BCUT2D eigenvalue weighted by Gasteiger charge is 2.14. The summed E-state index contributed by atoms with van der Waals surface area (Å²) in [4.78, 5) is 14.6. The highest BCUT2D eigenvalue weighted by Crippen LogP contribution is 2.21. The number of nitrogens with zero attached hydrogens (tertiary/aromatic N) is 1. The second kappa shape index (κ2) is 7.57. The molecule has 0 spiro atoms. The molecule has 0 unspecified atom stereocenters. The molecule has 1 saturated heterocycles. The molecule has 2 rings (SSSR count). The molecule has 21 heavy (non-hydrogen) atoms. The molecule has 0 bridgehead atoms. The lowest BCUT2D eigenvalue weighted by Crippen LogP contribution is -2.37. The molecule has 4 nitrogen and oxygen atoms in total. The van der Waals surface area contributed by atoms with Gasteiger partial charge in [-0.15, -0.1) is 0 Å². The number of benzene rings is 1. The lowest BCUT2D eigenvalue weighted by atomic mass is 10.0. The van der Waals surface area contributed by atoms with Crippen LogP contribution in [-0.2, 0) is 4.74 Å². The second-order valence-corrected chi connectivity index (χ2v) is 5.77. The molecular weight excluding hydrogens is 266 g/mol. The van der Waals surface area contributed by atoms with Crippen molar-refractivity contribution in [2.24, 2.45) is 0 Å². The summed E-state index contributed by atoms with van der Waals surface area (Å²) in [5.41, 5.74) is 1.79. The Hall–Kier alpha value is -1.39. The van der Waals surface area contributed by atoms with Gasteiger partial charge in [0.05, 0.1) is 19.3 Å². The van der Waals surface area contributed by atoms with Gasteiger partial charge in [0.25, 0.3) is 0 Å². The fraction of sp³-hybridized carbons (Fsp3) is 0.588. The summed E-state index contributed by atoms with van der Waals surface area (Å²) in [6.45, 7) is 10.2. The number of carbonyl (C=O) groups is 1. The third kappa shape index (κ3) is 4.83. The number of hydrogen-bond acceptors (Lipinski definition) is 4. The van der Waals surface area contributed by atoms with Crippen LogP contribution < -0.4 is 4.74 Å². The molecule has 1 aliphatic rings. The maximum Gasteiger partial charge on any atom is 0.164 e. The van der Waals surface area contributed by atoms with E-state index in [0.29, 0.717) is 6.42 Å². The third-order valence-corrected chi connectivity index (χ3v) is 3.62. The number of rotatable bonds is 6. The fourth-order valence-corrected chi connectivity index (χ4v) is 2.44. The molecule has 0 amide bonds. The van der Waals surface area contributed by atoms with Crippen LogP contribution in [0.15, 0.2) is 18.2 Å². The van der Waals surface area contributed by atoms with Crippen molar-refractivity contribution in [2.75, 3.05) is 32.8 Å². The number of Topliss-reactive ketones (excluding diaryl/α,β-unsaturated/α-hetero) is 1. The normalized spacial score (nSPS) is 16.2. The lowest BCUT2D eigenvalue weighted by molar-refractivity contribution is 0.0370. The van der Waals surface area contributed by atoms with Crippen molar-refractivity contribution in [1.29, 1.82) is 0 Å². The van der Waals surface area contributed by atoms with Gasteiger partial charge in [0.1, 0.15) is 5.75 Å². The van der Waals surface area contributed by atoms with Gasteiger partial charge in [-0.25, -0.2) is 0 Å². The standard InChI is InChI=1S/C17H25NO3/c1-13(2)21-17-5-4-15(12-14(17)3)16(19)6-7-18-8-10-20-11-9-18/h4-5,12-13H,6-11H2,1-3H3. The smallest absolute Gasteiger partial charge is 0.164 e. The first kappa shape index (κ1) is 16.0. The summed E-state index contributed by atoms with van der Waals surface area (Å²) in [5, 5.41) is 0. The van der Waals surface area contributed by atoms with Gasteiger partial charge in [-0.2, -0.15) is 0 Å². The molecule has 1 aromatic carbocycles. The van der Waals surface area contributed by atoms with E-state index in [0.717, 1.165) is 49.7 Å². The van der Waals surface area contributed by atoms with Crippen LogP contribution in [0.3, 0.4) is 0 Å². The van der Waals surface area contributed by atoms with Crippen LogP contribution in [0.25, 0.3) is 0 Å². The molecule has 0 aliphatic carbocycles. The van der Waals surface area contributed by atoms with Crippen molar-refractivity contribution >= 4 is 5.78 Å². The zero-order chi connectivity index (χ0) is 15.2. The molecule has 0 radical (unpaired) electrons. The largest absolute Gasteiger partial charge is 0.491 e. The minimum absolute atomic E-state index is 0.145. The predicted molar refractivity (Wildman–Crippen MR) is 83.1 cm³/mol. The van der Waals surface area contributed by atoms with E-state index in [1.54, 1.807) is 0 Å². The van der Waals surface area contributed by atoms with Gasteiger partial charge in [0, 0.05) is 31.6 Å². The Morgan fingerprint density at radius 2 is 2.05 bits per heavy atom. The molecule has 116 valence electrons. The highest BCUT2D eigenvalue weighted by molar-refractivity contribution is 5.96. The maximum atomic E-state index is 12.3. The minimum atomic E-state index is 0.145. The average Bonchev–Trinajstić information content (AvgIpc) is 2.47. The van der Waals surface area contributed by atoms with Gasteiger partial charge >= 0.3 is 0 Å². The zero-order valence-corrected chi connectivity index (χ0v) is 13.2. The molecule has 1 aromatic rings. The summed E-state index contributed by atoms with van der Waals surface area (Å²) in [5.74, 6) is 1.05. The van der Waals surface area contributed by atoms with E-state index in [4.69, 9.17) is 9.47 Å². The van der Waals surface area contributed by atoms with Crippen molar-refractivity contribution in [2.45, 2.75) is 33.3 Å². The number of hydrogen-bond donors (Lipinski definition) is 0. The molecule has 0 saturated carbocycles. The number of carbonyl (C=O) groups excluding carboxylic acids is 1. The van der Waals surface area contributed by atoms with Crippen LogP contribution in [0.5, 0.6) is 5.75 Å². The Labute approximate surface area is 127 Å². The van der Waals surface area contributed by atoms with Gasteiger partial charge in [-0.1, -0.05) is 0 Å². The Balaban J connectivity index is 1.91. The first-order chi connectivity index (χ1) is 10.1. The monoisotopic (exact) mass is 291 g/mol. The highest BCUT2D eigenvalue weighted by atomic mass is 16.5. The van der Waals surface area contributed by atoms with Crippen LogP contribution in [0.1, 0.15) is 36.2 Å². The Bertz CT molecular complexity index is 479. The Kier molecular flexibility index (Phi) is 5.76. The van der Waals surface area contributed by atoms with Crippen molar-refractivity contribution in [3.05, 3.63) is 29.3 Å². The summed E-state index contributed by atoms with van der Waals surface area (Å²) >= 11 is 0. The second-order valence-electron chi connectivity index (χ2n) is 5.77. The SMILES string of the molecule is Cc1cc(C(=O)CCN2CCOCC2)ccc1OC(C)C. The third-order valence-electron chi connectivity index (χ3n) is 3.62. The molecule has 1 fully saturated rings. The van der Waals surface area contributed by atoms with E-state index in [9.17, 15) is 4.79 Å². The number of aryl methyl sites for hydroxylation is 1. The van der Waals surface area contributed by atoms with Crippen LogP contribution in [0.2, 0.25) is 0 Å². The topological polar surface area (TPSA) is 38.8 Å². The van der Waals surface area contributed by atoms with Crippen LogP contribution >= 0.6 is 0 Å². The minimum Gasteiger partial charge on any atom is -0.491 e. The summed E-state index contributed by atoms with van der Waals surface area (Å²) in [6, 6.07) is 5.70. The van der Waals surface area contributed by atoms with Gasteiger partial charge < -0.3 is 9.47 Å². The maximum absolute atomic E-state index is 12.3. The van der Waals surface area contributed by atoms with E-state index in [1.807, 2.05) is 39.0 Å². The quantitative estimate of drug-likeness (QED) is 0.755. The van der Waals surface area contributed by atoms with Crippen LogP contribution in [-0.4, -0.2) is 49.6 Å². The molecule has 0 N–H and O–H groups in total. The Morgan fingerprint density at radius 1 is 1.33 bits per heavy atom. The molecule has 0 atom stereocenters. The lowest BCUT2D eigenvalue weighted by Gasteiger charge is -2.26. The Morgan fingerprint density at radius 3 is 2.67 bits per heavy atom. The first-order valence-corrected chi connectivity index (χ1v) is 7.67. The average molecular weight is 291 g/mol. The van der Waals surface area contributed by atoms with Gasteiger partial charge in [-0.05, 0) is 44.5 Å². The number of morpholine rings is 1. The molecule has 4 heteroatoms. The first-order valence-electron chi connectivity index (χ1n) is 7.67. The fourth-order valence-electron chi connectivity index (χ4n) is 2.44. The van der Waals surface area contributed by atoms with E-state index in [1.165, 1.54) is 0 Å². The van der Waals surface area contributed by atoms with Crippen molar-refractivity contribution in [1.82, 2.24) is 4.90 Å². The zero-order valence-electron chi connectivity index (χ0n) is 13.2. The van der Waals surface area contributed by atoms with E-state index in [-0.39, 0.29) is 11.9 Å². The van der Waals surface area contributed by atoms with E-state index >= 15 is 0 Å². The van der Waals surface area contributed by atoms with Crippen molar-refractivity contribution in [3.63, 3.8) is 0 Å². The summed E-state index contributed by atoms with van der Waals surface area (Å²) in [6.07, 6.45) is 0.704. The molecule has 1 aliphatic heterocycles. The summed E-state index contributed by atoms with van der Waals surface area (Å²) < 4.78 is 11.0. The molecular formula is C17H25NO3. The van der Waals surface area contributed by atoms with Crippen molar-refractivity contribution in [3.8, 4) is 5.75 Å². The predicted octanol–water partition coefficient (Wildman–Crippen LogP) is 2.69. The van der Waals surface area contributed by atoms with E-state index in [2.05, 4.69) is 4.90 Å².